The fraction of sp³-hybridized carbons (Fsp3) is 0.500. The molecule has 2 aliphatic rings. The third kappa shape index (κ3) is 3.09. The zero-order valence-electron chi connectivity index (χ0n) is 12.2. The maximum absolute atomic E-state index is 14.2. The molecule has 1 aromatic carbocycles. The van der Waals surface area contributed by atoms with Gasteiger partial charge in [0.15, 0.2) is 0 Å². The second kappa shape index (κ2) is 6.24. The predicted octanol–water partition coefficient (Wildman–Crippen LogP) is 2.82. The van der Waals surface area contributed by atoms with E-state index in [4.69, 9.17) is 11.6 Å². The van der Waals surface area contributed by atoms with E-state index in [-0.39, 0.29) is 24.3 Å². The lowest BCUT2D eigenvalue weighted by Crippen LogP contribution is -2.44. The average Bonchev–Trinajstić information content (AvgIpc) is 2.46. The smallest absolute Gasteiger partial charge is 0.229 e. The number of fused-ring (bicyclic) bond motifs is 1. The number of carbonyl (C=O) groups excluding carboxylic acids is 2. The highest BCUT2D eigenvalue weighted by molar-refractivity contribution is 6.30. The van der Waals surface area contributed by atoms with E-state index in [0.29, 0.717) is 23.7 Å². The van der Waals surface area contributed by atoms with Crippen LogP contribution in [0, 0.1) is 5.82 Å². The molecule has 0 bridgehead atoms. The van der Waals surface area contributed by atoms with Crippen LogP contribution in [-0.4, -0.2) is 24.4 Å². The van der Waals surface area contributed by atoms with E-state index in [1.165, 1.54) is 11.0 Å². The number of nitrogens with one attached hydrogen (secondary N) is 1. The Morgan fingerprint density at radius 1 is 1.36 bits per heavy atom. The fourth-order valence-electron chi connectivity index (χ4n) is 3.26. The Bertz CT molecular complexity index is 620. The first-order valence-corrected chi connectivity index (χ1v) is 8.00. The quantitative estimate of drug-likeness (QED) is 0.909. The van der Waals surface area contributed by atoms with E-state index >= 15 is 0 Å². The third-order valence-corrected chi connectivity index (χ3v) is 4.47. The SMILES string of the molecule is O=C1CCCC(CC(=O)N2CCCc3cc(Cl)cc(F)c32)N1. The minimum Gasteiger partial charge on any atom is -0.353 e. The average molecular weight is 325 g/mol. The number of anilines is 1. The Hall–Kier alpha value is -1.62. The number of halogens is 2. The van der Waals surface area contributed by atoms with E-state index in [1.807, 2.05) is 0 Å². The van der Waals surface area contributed by atoms with Gasteiger partial charge in [0.1, 0.15) is 5.82 Å². The maximum Gasteiger partial charge on any atom is 0.229 e. The van der Waals surface area contributed by atoms with Crippen molar-refractivity contribution in [3.8, 4) is 0 Å². The summed E-state index contributed by atoms with van der Waals surface area (Å²) in [5.41, 5.74) is 1.13. The molecule has 22 heavy (non-hydrogen) atoms. The molecule has 2 amide bonds. The summed E-state index contributed by atoms with van der Waals surface area (Å²) in [5, 5.41) is 3.18. The highest BCUT2D eigenvalue weighted by Gasteiger charge is 2.29. The van der Waals surface area contributed by atoms with Gasteiger partial charge in [0.25, 0.3) is 0 Å². The standard InChI is InChI=1S/C16H18ClFN2O2/c17-11-7-10-3-2-6-20(16(10)13(18)8-11)15(22)9-12-4-1-5-14(21)19-12/h7-8,12H,1-6,9H2,(H,19,21). The van der Waals surface area contributed by atoms with Crippen LogP contribution in [0.1, 0.15) is 37.7 Å². The Balaban J connectivity index is 1.78. The zero-order chi connectivity index (χ0) is 15.7. The molecule has 0 aromatic heterocycles. The lowest BCUT2D eigenvalue weighted by molar-refractivity contribution is -0.124. The van der Waals surface area contributed by atoms with Gasteiger partial charge in [0.2, 0.25) is 11.8 Å². The van der Waals surface area contributed by atoms with E-state index in [1.54, 1.807) is 6.07 Å². The Morgan fingerprint density at radius 2 is 2.18 bits per heavy atom. The van der Waals surface area contributed by atoms with Crippen LogP contribution in [-0.2, 0) is 16.0 Å². The Labute approximate surface area is 133 Å². The minimum absolute atomic E-state index is 0.0129. The molecule has 0 saturated carbocycles. The van der Waals surface area contributed by atoms with Crippen molar-refractivity contribution in [2.45, 2.75) is 44.6 Å². The van der Waals surface area contributed by atoms with Gasteiger partial charge in [0.05, 0.1) is 5.69 Å². The molecule has 1 unspecified atom stereocenters. The molecule has 1 fully saturated rings. The molecule has 0 spiro atoms. The lowest BCUT2D eigenvalue weighted by atomic mass is 9.98. The second-order valence-electron chi connectivity index (χ2n) is 5.91. The van der Waals surface area contributed by atoms with Gasteiger partial charge in [-0.1, -0.05) is 11.6 Å². The molecule has 3 rings (SSSR count). The summed E-state index contributed by atoms with van der Waals surface area (Å²) in [7, 11) is 0. The molecular formula is C16H18ClFN2O2. The number of hydrogen-bond donors (Lipinski definition) is 1. The molecule has 0 radical (unpaired) electrons. The van der Waals surface area contributed by atoms with Crippen LogP contribution in [0.3, 0.4) is 0 Å². The Morgan fingerprint density at radius 3 is 2.95 bits per heavy atom. The van der Waals surface area contributed by atoms with E-state index in [0.717, 1.165) is 31.2 Å². The van der Waals surface area contributed by atoms with Gasteiger partial charge >= 0.3 is 0 Å². The van der Waals surface area contributed by atoms with Crippen molar-refractivity contribution < 1.29 is 14.0 Å². The molecule has 1 aromatic rings. The Kier molecular flexibility index (Phi) is 4.34. The number of benzene rings is 1. The maximum atomic E-state index is 14.2. The van der Waals surface area contributed by atoms with E-state index in [9.17, 15) is 14.0 Å². The van der Waals surface area contributed by atoms with Crippen LogP contribution in [0.5, 0.6) is 0 Å². The van der Waals surface area contributed by atoms with Crippen molar-refractivity contribution in [3.05, 3.63) is 28.5 Å². The number of nitrogens with zero attached hydrogens (tertiary/aromatic N) is 1. The van der Waals surface area contributed by atoms with Crippen LogP contribution < -0.4 is 10.2 Å². The van der Waals surface area contributed by atoms with Crippen molar-refractivity contribution in [1.82, 2.24) is 5.32 Å². The summed E-state index contributed by atoms with van der Waals surface area (Å²) in [5.74, 6) is -0.612. The topological polar surface area (TPSA) is 49.4 Å². The highest BCUT2D eigenvalue weighted by atomic mass is 35.5. The van der Waals surface area contributed by atoms with Gasteiger partial charge in [0, 0.05) is 30.5 Å². The largest absolute Gasteiger partial charge is 0.353 e. The van der Waals surface area contributed by atoms with Gasteiger partial charge in [-0.25, -0.2) is 4.39 Å². The molecule has 2 aliphatic heterocycles. The minimum atomic E-state index is -0.455. The van der Waals surface area contributed by atoms with Gasteiger partial charge in [-0.3, -0.25) is 9.59 Å². The first-order chi connectivity index (χ1) is 10.5. The van der Waals surface area contributed by atoms with E-state index < -0.39 is 5.82 Å². The van der Waals surface area contributed by atoms with Gasteiger partial charge in [-0.2, -0.15) is 0 Å². The number of rotatable bonds is 2. The van der Waals surface area contributed by atoms with Crippen molar-refractivity contribution in [2.24, 2.45) is 0 Å². The number of carbonyl (C=O) groups is 2. The molecule has 4 nitrogen and oxygen atoms in total. The summed E-state index contributed by atoms with van der Waals surface area (Å²) in [4.78, 5) is 25.5. The normalized spacial score (nSPS) is 21.3. The summed E-state index contributed by atoms with van der Waals surface area (Å²) >= 11 is 5.89. The lowest BCUT2D eigenvalue weighted by Gasteiger charge is -2.32. The molecule has 1 N–H and O–H groups in total. The van der Waals surface area contributed by atoms with Crippen LogP contribution in [0.4, 0.5) is 10.1 Å². The summed E-state index contributed by atoms with van der Waals surface area (Å²) in [6.07, 6.45) is 3.83. The van der Waals surface area contributed by atoms with Crippen molar-refractivity contribution in [3.63, 3.8) is 0 Å². The number of hydrogen-bond acceptors (Lipinski definition) is 2. The molecule has 2 heterocycles. The van der Waals surface area contributed by atoms with Crippen molar-refractivity contribution >= 4 is 29.1 Å². The highest BCUT2D eigenvalue weighted by Crippen LogP contribution is 2.33. The number of aryl methyl sites for hydroxylation is 1. The third-order valence-electron chi connectivity index (χ3n) is 4.25. The number of piperidine rings is 1. The van der Waals surface area contributed by atoms with Gasteiger partial charge in [-0.05, 0) is 43.4 Å². The summed E-state index contributed by atoms with van der Waals surface area (Å²) < 4.78 is 14.2. The molecule has 1 atom stereocenters. The fourth-order valence-corrected chi connectivity index (χ4v) is 3.48. The van der Waals surface area contributed by atoms with Crippen LogP contribution in [0.25, 0.3) is 0 Å². The van der Waals surface area contributed by atoms with Crippen molar-refractivity contribution in [2.75, 3.05) is 11.4 Å². The van der Waals surface area contributed by atoms with Crippen LogP contribution >= 0.6 is 11.6 Å². The van der Waals surface area contributed by atoms with Crippen molar-refractivity contribution in [1.29, 1.82) is 0 Å². The number of amides is 2. The van der Waals surface area contributed by atoms with Crippen LogP contribution in [0.15, 0.2) is 12.1 Å². The van der Waals surface area contributed by atoms with E-state index in [2.05, 4.69) is 5.32 Å². The zero-order valence-corrected chi connectivity index (χ0v) is 13.0. The monoisotopic (exact) mass is 324 g/mol. The first kappa shape index (κ1) is 15.3. The van der Waals surface area contributed by atoms with Crippen LogP contribution in [0.2, 0.25) is 5.02 Å². The molecule has 1 saturated heterocycles. The van der Waals surface area contributed by atoms with Gasteiger partial charge in [-0.15, -0.1) is 0 Å². The summed E-state index contributed by atoms with van der Waals surface area (Å²) in [6, 6.07) is 2.82. The molecule has 6 heteroatoms. The second-order valence-corrected chi connectivity index (χ2v) is 6.34. The predicted molar refractivity (Wildman–Crippen MR) is 82.5 cm³/mol. The molecule has 0 aliphatic carbocycles. The summed E-state index contributed by atoms with van der Waals surface area (Å²) in [6.45, 7) is 0.505. The first-order valence-electron chi connectivity index (χ1n) is 7.62. The van der Waals surface area contributed by atoms with Gasteiger partial charge < -0.3 is 10.2 Å². The molecule has 118 valence electrons. The molecular weight excluding hydrogens is 307 g/mol.